The van der Waals surface area contributed by atoms with Gasteiger partial charge >= 0.3 is 0 Å². The van der Waals surface area contributed by atoms with Gasteiger partial charge in [-0.3, -0.25) is 15.0 Å². The number of furan rings is 2. The van der Waals surface area contributed by atoms with E-state index >= 15 is 0 Å². The molecule has 0 fully saturated rings. The molecule has 5 heterocycles. The summed E-state index contributed by atoms with van der Waals surface area (Å²) in [5.74, 6) is 1.94. The molecule has 0 N–H and O–H groups in total. The molecule has 0 aliphatic carbocycles. The third-order valence-corrected chi connectivity index (χ3v) is 11.7. The molecule has 0 aliphatic heterocycles. The quantitative estimate of drug-likeness (QED) is 0.154. The summed E-state index contributed by atoms with van der Waals surface area (Å²) < 4.78 is 38.6. The topological polar surface area (TPSA) is 82.8 Å². The molecule has 0 aliphatic rings. The summed E-state index contributed by atoms with van der Waals surface area (Å²) in [5, 5.41) is 2.35. The van der Waals surface area contributed by atoms with E-state index in [-0.39, 0.29) is 42.9 Å². The average molecular weight is 1030 g/mol. The summed E-state index contributed by atoms with van der Waals surface area (Å²) in [5.41, 5.74) is 13.6. The maximum Gasteiger partial charge on any atom is 0.228 e. The number of rotatable bonds is 6. The van der Waals surface area contributed by atoms with Crippen molar-refractivity contribution >= 4 is 55.2 Å². The molecule has 7 nitrogen and oxygen atoms in total. The molecule has 65 heavy (non-hydrogen) atoms. The molecule has 0 spiro atoms. The molecule has 8 heteroatoms. The Morgan fingerprint density at radius 3 is 2.14 bits per heavy atom. The van der Waals surface area contributed by atoms with Crippen molar-refractivity contribution in [1.82, 2.24) is 24.5 Å². The first-order valence-electron chi connectivity index (χ1n) is 23.3. The van der Waals surface area contributed by atoms with Gasteiger partial charge in [-0.25, -0.2) is 4.98 Å². The molecule has 11 aromatic rings. The summed E-state index contributed by atoms with van der Waals surface area (Å²) in [7, 11) is 0. The van der Waals surface area contributed by atoms with Crippen LogP contribution in [0.5, 0.6) is 0 Å². The van der Waals surface area contributed by atoms with Gasteiger partial charge in [0.25, 0.3) is 0 Å². The van der Waals surface area contributed by atoms with Crippen LogP contribution in [0, 0.1) is 19.0 Å². The minimum absolute atomic E-state index is 0. The van der Waals surface area contributed by atoms with E-state index in [1.54, 1.807) is 18.2 Å². The number of imidazole rings is 1. The molecule has 0 bridgehead atoms. The first kappa shape index (κ1) is 39.8. The number of fused-ring (bicyclic) bond motifs is 7. The number of pyridine rings is 1. The number of nitrogens with zero attached hydrogens (tertiary/aromatic N) is 5. The van der Waals surface area contributed by atoms with E-state index in [0.717, 1.165) is 61.3 Å². The van der Waals surface area contributed by atoms with Crippen LogP contribution < -0.4 is 0 Å². The van der Waals surface area contributed by atoms with Crippen LogP contribution in [-0.2, 0) is 25.5 Å². The van der Waals surface area contributed by atoms with E-state index in [1.807, 2.05) is 60.8 Å². The van der Waals surface area contributed by atoms with Crippen molar-refractivity contribution in [1.29, 1.82) is 0 Å². The van der Waals surface area contributed by atoms with Gasteiger partial charge in [-0.1, -0.05) is 109 Å². The smallest absolute Gasteiger partial charge is 0.228 e. The standard InChI is InChI=1S/C43H34N3O2.C14H15N2.Ir/c1-24(2)32-21-28(27-12-7-6-8-13-27)22-33(25(3)4)40(32)46-36-17-10-9-16-35(36)44-42(46)31-15-11-14-30-39-38(47-41(30)31)23-34-29-19-18-26(5)20-37(29)48-43(34)45-39;1-14(2,3)12-9-10-15-13(16-12)11-7-5-4-6-8-11;/h6-14,16-25H,1-5H3;4-7,9-10H,1-3H3;/q2*-1;/i5D3;;. The minimum Gasteiger partial charge on any atom is -0.499 e. The van der Waals surface area contributed by atoms with Crippen molar-refractivity contribution in [3.63, 3.8) is 0 Å². The van der Waals surface area contributed by atoms with E-state index in [0.29, 0.717) is 28.0 Å². The summed E-state index contributed by atoms with van der Waals surface area (Å²) in [4.78, 5) is 19.0. The molecular formula is C57H49IrN5O2-2. The molecule has 5 aromatic heterocycles. The Morgan fingerprint density at radius 2 is 1.42 bits per heavy atom. The minimum atomic E-state index is -2.23. The van der Waals surface area contributed by atoms with Crippen molar-refractivity contribution in [3.05, 3.63) is 174 Å². The van der Waals surface area contributed by atoms with Crippen LogP contribution in [0.15, 0.2) is 148 Å². The van der Waals surface area contributed by atoms with Crippen molar-refractivity contribution in [2.45, 2.75) is 72.6 Å². The Balaban J connectivity index is 0.000000289. The first-order valence-corrected chi connectivity index (χ1v) is 21.8. The number of benzene rings is 6. The van der Waals surface area contributed by atoms with Gasteiger partial charge in [-0.2, -0.15) is 0 Å². The van der Waals surface area contributed by atoms with Gasteiger partial charge in [0, 0.05) is 52.6 Å². The Bertz CT molecular complexity index is 3600. The van der Waals surface area contributed by atoms with Crippen LogP contribution in [0.1, 0.15) is 86.8 Å². The van der Waals surface area contributed by atoms with Gasteiger partial charge in [0.15, 0.2) is 0 Å². The third-order valence-electron chi connectivity index (χ3n) is 11.7. The molecule has 1 radical (unpaired) electrons. The summed E-state index contributed by atoms with van der Waals surface area (Å²) >= 11 is 0. The maximum absolute atomic E-state index is 7.82. The molecule has 0 amide bonds. The number of aryl methyl sites for hydroxylation is 1. The fourth-order valence-corrected chi connectivity index (χ4v) is 8.48. The number of hydrogen-bond donors (Lipinski definition) is 0. The molecule has 0 atom stereocenters. The predicted molar refractivity (Wildman–Crippen MR) is 261 cm³/mol. The Morgan fingerprint density at radius 1 is 0.662 bits per heavy atom. The third kappa shape index (κ3) is 8.07. The van der Waals surface area contributed by atoms with Crippen molar-refractivity contribution in [2.24, 2.45) is 0 Å². The number of hydrogen-bond acceptors (Lipinski definition) is 6. The van der Waals surface area contributed by atoms with Crippen LogP contribution in [0.2, 0.25) is 0 Å². The van der Waals surface area contributed by atoms with E-state index < -0.39 is 6.85 Å². The second-order valence-electron chi connectivity index (χ2n) is 17.9. The fraction of sp³-hybridized carbons (Fsp3) is 0.193. The molecule has 11 rings (SSSR count). The fourth-order valence-electron chi connectivity index (χ4n) is 8.48. The molecule has 0 saturated carbocycles. The Kier molecular flexibility index (Phi) is 10.6. The first-order chi connectivity index (χ1) is 32.1. The van der Waals surface area contributed by atoms with Crippen LogP contribution in [-0.4, -0.2) is 24.5 Å². The second-order valence-corrected chi connectivity index (χ2v) is 17.9. The number of para-hydroxylation sites is 2. The Hall–Kier alpha value is -6.73. The zero-order valence-electron chi connectivity index (χ0n) is 40.3. The van der Waals surface area contributed by atoms with Gasteiger partial charge < -0.3 is 13.4 Å². The van der Waals surface area contributed by atoms with Crippen LogP contribution in [0.25, 0.3) is 94.8 Å². The van der Waals surface area contributed by atoms with E-state index in [2.05, 4.69) is 136 Å². The van der Waals surface area contributed by atoms with E-state index in [9.17, 15) is 0 Å². The van der Waals surface area contributed by atoms with E-state index in [4.69, 9.17) is 22.9 Å². The van der Waals surface area contributed by atoms with Crippen LogP contribution >= 0.6 is 0 Å². The number of aromatic nitrogens is 5. The van der Waals surface area contributed by atoms with E-state index in [1.165, 1.54) is 22.3 Å². The second kappa shape index (κ2) is 17.3. The van der Waals surface area contributed by atoms with Crippen LogP contribution in [0.3, 0.4) is 0 Å². The molecule has 0 saturated heterocycles. The van der Waals surface area contributed by atoms with Gasteiger partial charge in [0.2, 0.25) is 5.71 Å². The van der Waals surface area contributed by atoms with Gasteiger partial charge in [0.1, 0.15) is 16.7 Å². The molecular weight excluding hydrogens is 979 g/mol. The summed E-state index contributed by atoms with van der Waals surface area (Å²) in [6.45, 7) is 13.2. The Labute approximate surface area is 397 Å². The molecule has 325 valence electrons. The monoisotopic (exact) mass is 1030 g/mol. The van der Waals surface area contributed by atoms with Crippen molar-refractivity contribution in [3.8, 4) is 39.6 Å². The van der Waals surface area contributed by atoms with Crippen molar-refractivity contribution < 1.29 is 33.1 Å². The maximum atomic E-state index is 7.82. The zero-order valence-corrected chi connectivity index (χ0v) is 39.7. The largest absolute Gasteiger partial charge is 0.499 e. The summed E-state index contributed by atoms with van der Waals surface area (Å²) in [6, 6.07) is 50.6. The van der Waals surface area contributed by atoms with Crippen molar-refractivity contribution in [2.75, 3.05) is 0 Å². The zero-order chi connectivity index (χ0) is 46.8. The van der Waals surface area contributed by atoms with Gasteiger partial charge in [-0.05, 0) is 94.4 Å². The van der Waals surface area contributed by atoms with Gasteiger partial charge in [-0.15, -0.1) is 54.1 Å². The molecule has 6 aromatic carbocycles. The SMILES string of the molecule is CC(C)(C)c1ccnc(-c2[c-]cccc2)n1.[2H]C([2H])([2H])c1ccc2c(c1)oc1nc3c(cc12)oc1c(-c2nc4ccccc4n2-c2c(C(C)C)cc(-c4ccccc4)cc2C(C)C)[c-]ccc13.[Ir]. The summed E-state index contributed by atoms with van der Waals surface area (Å²) in [6.07, 6.45) is 1.81. The molecule has 0 unspecified atom stereocenters. The van der Waals surface area contributed by atoms with Crippen LogP contribution in [0.4, 0.5) is 0 Å². The average Bonchev–Trinajstić information content (AvgIpc) is 4.01. The predicted octanol–water partition coefficient (Wildman–Crippen LogP) is 15.1. The normalized spacial score (nSPS) is 12.7. The van der Waals surface area contributed by atoms with Gasteiger partial charge in [0.05, 0.1) is 33.7 Å².